The summed E-state index contributed by atoms with van der Waals surface area (Å²) in [7, 11) is 3.14. The molecule has 36 heavy (non-hydrogen) atoms. The van der Waals surface area contributed by atoms with Crippen LogP contribution in [0.15, 0.2) is 71.1 Å². The monoisotopic (exact) mass is 491 g/mol. The van der Waals surface area contributed by atoms with Crippen LogP contribution in [0.2, 0.25) is 0 Å². The molecule has 0 radical (unpaired) electrons. The molecule has 1 heterocycles. The van der Waals surface area contributed by atoms with Gasteiger partial charge in [-0.25, -0.2) is 4.79 Å². The lowest BCUT2D eigenvalue weighted by Crippen LogP contribution is -2.36. The highest BCUT2D eigenvalue weighted by atomic mass is 16.6. The second-order valence-corrected chi connectivity index (χ2v) is 8.88. The van der Waals surface area contributed by atoms with E-state index in [0.717, 1.165) is 16.8 Å². The van der Waals surface area contributed by atoms with Crippen molar-refractivity contribution >= 4 is 11.8 Å². The Morgan fingerprint density at radius 2 is 1.72 bits per heavy atom. The molecule has 0 bridgehead atoms. The van der Waals surface area contributed by atoms with Crippen LogP contribution in [-0.2, 0) is 19.1 Å². The van der Waals surface area contributed by atoms with Gasteiger partial charge in [-0.3, -0.25) is 4.79 Å². The summed E-state index contributed by atoms with van der Waals surface area (Å²) in [5.74, 6) is 0.148. The molecule has 2 aliphatic rings. The predicted octanol–water partition coefficient (Wildman–Crippen LogP) is 4.65. The minimum Gasteiger partial charge on any atom is -0.493 e. The molecule has 0 fully saturated rings. The third kappa shape index (κ3) is 5.16. The fraction of sp³-hybridized carbons (Fsp3) is 0.379. The van der Waals surface area contributed by atoms with Crippen molar-refractivity contribution in [1.82, 2.24) is 5.32 Å². The van der Waals surface area contributed by atoms with Crippen LogP contribution in [0.25, 0.3) is 0 Å². The molecular weight excluding hydrogens is 458 g/mol. The number of esters is 1. The molecule has 7 heteroatoms. The van der Waals surface area contributed by atoms with E-state index < -0.39 is 11.9 Å². The number of carbonyl (C=O) groups is 2. The van der Waals surface area contributed by atoms with Crippen LogP contribution in [0.4, 0.5) is 0 Å². The summed E-state index contributed by atoms with van der Waals surface area (Å²) in [5.41, 5.74) is 4.45. The van der Waals surface area contributed by atoms with Crippen molar-refractivity contribution in [3.05, 3.63) is 82.2 Å². The molecule has 4 rings (SSSR count). The van der Waals surface area contributed by atoms with Crippen LogP contribution in [0.3, 0.4) is 0 Å². The van der Waals surface area contributed by atoms with E-state index in [2.05, 4.69) is 17.4 Å². The number of rotatable bonds is 9. The van der Waals surface area contributed by atoms with E-state index in [9.17, 15) is 9.59 Å². The Kier molecular flexibility index (Phi) is 8.10. The van der Waals surface area contributed by atoms with Gasteiger partial charge in [0.2, 0.25) is 0 Å². The van der Waals surface area contributed by atoms with Gasteiger partial charge in [0.25, 0.3) is 0 Å². The van der Waals surface area contributed by atoms with Gasteiger partial charge in [0.15, 0.2) is 17.3 Å². The van der Waals surface area contributed by atoms with Crippen LogP contribution >= 0.6 is 0 Å². The van der Waals surface area contributed by atoms with Crippen molar-refractivity contribution in [2.75, 3.05) is 34.0 Å². The Bertz CT molecular complexity index is 1180. The summed E-state index contributed by atoms with van der Waals surface area (Å²) in [6, 6.07) is 15.6. The maximum atomic E-state index is 13.7. The summed E-state index contributed by atoms with van der Waals surface area (Å²) in [4.78, 5) is 27.0. The van der Waals surface area contributed by atoms with E-state index in [4.69, 9.17) is 18.9 Å². The van der Waals surface area contributed by atoms with E-state index in [0.29, 0.717) is 54.4 Å². The van der Waals surface area contributed by atoms with E-state index in [1.54, 1.807) is 20.3 Å². The van der Waals surface area contributed by atoms with Gasteiger partial charge in [-0.15, -0.1) is 0 Å². The fourth-order valence-electron chi connectivity index (χ4n) is 5.05. The maximum absolute atomic E-state index is 13.7. The predicted molar refractivity (Wildman–Crippen MR) is 136 cm³/mol. The lowest BCUT2D eigenvalue weighted by molar-refractivity contribution is -0.140. The summed E-state index contributed by atoms with van der Waals surface area (Å²) in [6.07, 6.45) is 1.05. The third-order valence-electron chi connectivity index (χ3n) is 6.72. The van der Waals surface area contributed by atoms with E-state index in [1.807, 2.05) is 44.2 Å². The number of ketones is 1. The van der Waals surface area contributed by atoms with Gasteiger partial charge in [0, 0.05) is 35.9 Å². The van der Waals surface area contributed by atoms with Crippen LogP contribution in [0.1, 0.15) is 49.7 Å². The number of methoxy groups -OCH3 is 2. The van der Waals surface area contributed by atoms with Crippen molar-refractivity contribution in [2.45, 2.75) is 38.5 Å². The summed E-state index contributed by atoms with van der Waals surface area (Å²) in [5, 5.41) is 3.38. The average Bonchev–Trinajstić information content (AvgIpc) is 2.90. The number of benzene rings is 2. The molecule has 0 saturated carbocycles. The van der Waals surface area contributed by atoms with Gasteiger partial charge in [0.05, 0.1) is 26.4 Å². The van der Waals surface area contributed by atoms with Crippen molar-refractivity contribution in [1.29, 1.82) is 0 Å². The van der Waals surface area contributed by atoms with E-state index in [-0.39, 0.29) is 18.3 Å². The minimum atomic E-state index is -0.579. The number of nitrogens with one attached hydrogen (secondary N) is 1. The zero-order chi connectivity index (χ0) is 25.7. The third-order valence-corrected chi connectivity index (χ3v) is 6.72. The van der Waals surface area contributed by atoms with Crippen molar-refractivity contribution in [3.63, 3.8) is 0 Å². The number of hydrogen-bond acceptors (Lipinski definition) is 7. The number of dihydropyridines is 1. The Morgan fingerprint density at radius 3 is 2.42 bits per heavy atom. The van der Waals surface area contributed by atoms with Gasteiger partial charge < -0.3 is 24.3 Å². The Labute approximate surface area is 212 Å². The number of hydrogen-bond donors (Lipinski definition) is 1. The molecule has 1 aliphatic carbocycles. The second-order valence-electron chi connectivity index (χ2n) is 8.88. The Morgan fingerprint density at radius 1 is 0.972 bits per heavy atom. The zero-order valence-corrected chi connectivity index (χ0v) is 21.3. The van der Waals surface area contributed by atoms with Crippen LogP contribution in [-0.4, -0.2) is 45.8 Å². The lowest BCUT2D eigenvalue weighted by atomic mass is 9.71. The van der Waals surface area contributed by atoms with Crippen LogP contribution < -0.4 is 14.8 Å². The Balaban J connectivity index is 1.76. The van der Waals surface area contributed by atoms with Crippen molar-refractivity contribution in [2.24, 2.45) is 0 Å². The molecule has 7 nitrogen and oxygen atoms in total. The lowest BCUT2D eigenvalue weighted by Gasteiger charge is -2.36. The zero-order valence-electron chi connectivity index (χ0n) is 21.3. The quantitative estimate of drug-likeness (QED) is 0.404. The summed E-state index contributed by atoms with van der Waals surface area (Å²) < 4.78 is 21.8. The standard InChI is InChI=1S/C29H33NO6/c1-5-35-13-14-36-29(32)26-18(2)30-22-15-21(19-9-7-6-8-10-19)16-23(31)28(22)27(26)20-11-12-24(33-3)25(17-20)34-4/h6-12,17,21,27,30H,5,13-16H2,1-4H3/t21-,27-/m0/s1. The van der Waals surface area contributed by atoms with E-state index in [1.165, 1.54) is 0 Å². The average molecular weight is 492 g/mol. The topological polar surface area (TPSA) is 83.1 Å². The molecule has 2 aromatic rings. The smallest absolute Gasteiger partial charge is 0.336 e. The molecule has 0 unspecified atom stereocenters. The van der Waals surface area contributed by atoms with Crippen LogP contribution in [0, 0.1) is 0 Å². The SMILES string of the molecule is CCOCCOC(=O)C1=C(C)NC2=C(C(=O)C[C@@H](c3ccccc3)C2)[C@H]1c1ccc(OC)c(OC)c1. The fourth-order valence-corrected chi connectivity index (χ4v) is 5.05. The molecule has 0 saturated heterocycles. The summed E-state index contributed by atoms with van der Waals surface area (Å²) >= 11 is 0. The highest BCUT2D eigenvalue weighted by Crippen LogP contribution is 2.47. The highest BCUT2D eigenvalue weighted by Gasteiger charge is 2.41. The second kappa shape index (κ2) is 11.4. The molecule has 2 atom stereocenters. The molecule has 0 spiro atoms. The van der Waals surface area contributed by atoms with Gasteiger partial charge in [-0.1, -0.05) is 36.4 Å². The van der Waals surface area contributed by atoms with Gasteiger partial charge >= 0.3 is 5.97 Å². The van der Waals surface area contributed by atoms with Crippen LogP contribution in [0.5, 0.6) is 11.5 Å². The van der Waals surface area contributed by atoms with Gasteiger partial charge in [-0.2, -0.15) is 0 Å². The largest absolute Gasteiger partial charge is 0.493 e. The first-order valence-electron chi connectivity index (χ1n) is 12.2. The molecule has 1 N–H and O–H groups in total. The molecule has 1 aliphatic heterocycles. The normalized spacial score (nSPS) is 19.5. The van der Waals surface area contributed by atoms with E-state index >= 15 is 0 Å². The molecular formula is C29H33NO6. The first-order valence-corrected chi connectivity index (χ1v) is 12.2. The van der Waals surface area contributed by atoms with Gasteiger partial charge in [0.1, 0.15) is 6.61 Å². The maximum Gasteiger partial charge on any atom is 0.336 e. The Hall–Kier alpha value is -3.58. The minimum absolute atomic E-state index is 0.0181. The van der Waals surface area contributed by atoms with Crippen molar-refractivity contribution in [3.8, 4) is 11.5 Å². The first kappa shape index (κ1) is 25.5. The number of Topliss-reactive ketones (excluding diaryl/α,β-unsaturated/α-hetero) is 1. The first-order chi connectivity index (χ1) is 17.5. The number of allylic oxidation sites excluding steroid dienone is 3. The molecule has 2 aromatic carbocycles. The van der Waals surface area contributed by atoms with Gasteiger partial charge in [-0.05, 0) is 49.4 Å². The molecule has 0 amide bonds. The molecule has 0 aromatic heterocycles. The van der Waals surface area contributed by atoms with Crippen molar-refractivity contribution < 1.29 is 28.5 Å². The number of carbonyl (C=O) groups excluding carboxylic acids is 2. The highest BCUT2D eigenvalue weighted by molar-refractivity contribution is 6.04. The molecule has 190 valence electrons. The summed E-state index contributed by atoms with van der Waals surface area (Å²) in [6.45, 7) is 4.74. The number of ether oxygens (including phenoxy) is 4.